The molecule has 0 amide bonds. The summed E-state index contributed by atoms with van der Waals surface area (Å²) in [5, 5.41) is 6.78. The highest BCUT2D eigenvalue weighted by Crippen LogP contribution is 2.13. The fourth-order valence-electron chi connectivity index (χ4n) is 3.15. The molecule has 0 spiro atoms. The Balaban J connectivity index is 0.00000300. The van der Waals surface area contributed by atoms with Crippen molar-refractivity contribution in [3.05, 3.63) is 83.6 Å². The van der Waals surface area contributed by atoms with Gasteiger partial charge in [0.15, 0.2) is 5.96 Å². The van der Waals surface area contributed by atoms with Crippen LogP contribution in [0.3, 0.4) is 0 Å². The number of hydrogen-bond acceptors (Lipinski definition) is 3. The third kappa shape index (κ3) is 7.25. The molecule has 2 aromatic heterocycles. The molecule has 0 aliphatic rings. The Morgan fingerprint density at radius 2 is 1.79 bits per heavy atom. The lowest BCUT2D eigenvalue weighted by Crippen LogP contribution is -2.36. The molecule has 6 nitrogen and oxygen atoms in total. The molecule has 7 heteroatoms. The van der Waals surface area contributed by atoms with E-state index in [1.54, 1.807) is 13.3 Å². The molecule has 3 rings (SSSR count). The van der Waals surface area contributed by atoms with E-state index >= 15 is 0 Å². The van der Waals surface area contributed by atoms with Crippen LogP contribution in [-0.4, -0.2) is 29.5 Å². The molecule has 1 aromatic carbocycles. The summed E-state index contributed by atoms with van der Waals surface area (Å²) in [5.74, 6) is 1.77. The average Bonchev–Trinajstić information content (AvgIpc) is 3.34. The third-order valence-corrected chi connectivity index (χ3v) is 4.59. The highest BCUT2D eigenvalue weighted by molar-refractivity contribution is 14.0. The van der Waals surface area contributed by atoms with Crippen LogP contribution in [0.25, 0.3) is 0 Å². The van der Waals surface area contributed by atoms with E-state index in [1.807, 2.05) is 29.9 Å². The van der Waals surface area contributed by atoms with Crippen LogP contribution < -0.4 is 10.6 Å². The zero-order valence-electron chi connectivity index (χ0n) is 17.3. The lowest BCUT2D eigenvalue weighted by atomic mass is 10.1. The molecule has 2 heterocycles. The van der Waals surface area contributed by atoms with Crippen LogP contribution in [-0.2, 0) is 33.2 Å². The second-order valence-corrected chi connectivity index (χ2v) is 6.98. The summed E-state index contributed by atoms with van der Waals surface area (Å²) in [6.45, 7) is 3.11. The Hall–Kier alpha value is -2.26. The van der Waals surface area contributed by atoms with Crippen molar-refractivity contribution in [2.45, 2.75) is 26.2 Å². The van der Waals surface area contributed by atoms with Gasteiger partial charge < -0.3 is 19.6 Å². The molecule has 156 valence electrons. The zero-order chi connectivity index (χ0) is 19.8. The highest BCUT2D eigenvalue weighted by atomic mass is 127. The minimum absolute atomic E-state index is 0. The predicted molar refractivity (Wildman–Crippen MR) is 128 cm³/mol. The lowest BCUT2D eigenvalue weighted by molar-refractivity contribution is 0.287. The monoisotopic (exact) mass is 507 g/mol. The first-order valence-corrected chi connectivity index (χ1v) is 9.47. The maximum absolute atomic E-state index is 5.45. The highest BCUT2D eigenvalue weighted by Gasteiger charge is 2.08. The van der Waals surface area contributed by atoms with E-state index < -0.39 is 0 Å². The van der Waals surface area contributed by atoms with E-state index in [1.165, 1.54) is 16.7 Å². The maximum atomic E-state index is 5.45. The van der Waals surface area contributed by atoms with Crippen molar-refractivity contribution in [2.75, 3.05) is 14.1 Å². The van der Waals surface area contributed by atoms with E-state index in [9.17, 15) is 0 Å². The SMILES string of the molecule is CN=C(NCc1ccn(C)c1)NCc1ccccc1CN(C)Cc1ccco1.I. The van der Waals surface area contributed by atoms with Crippen molar-refractivity contribution in [3.8, 4) is 0 Å². The number of hydrogen-bond donors (Lipinski definition) is 2. The minimum atomic E-state index is 0. The van der Waals surface area contributed by atoms with Crippen molar-refractivity contribution in [2.24, 2.45) is 12.0 Å². The molecule has 0 saturated heterocycles. The van der Waals surface area contributed by atoms with Crippen molar-refractivity contribution in [1.82, 2.24) is 20.1 Å². The Morgan fingerprint density at radius 3 is 2.45 bits per heavy atom. The summed E-state index contributed by atoms with van der Waals surface area (Å²) in [6, 6.07) is 14.5. The molecule has 0 fully saturated rings. The summed E-state index contributed by atoms with van der Waals surface area (Å²) in [6.07, 6.45) is 5.86. The van der Waals surface area contributed by atoms with Crippen LogP contribution in [0.5, 0.6) is 0 Å². The molecule has 0 atom stereocenters. The summed E-state index contributed by atoms with van der Waals surface area (Å²) in [5.41, 5.74) is 3.78. The Labute approximate surface area is 190 Å². The van der Waals surface area contributed by atoms with E-state index in [0.29, 0.717) is 0 Å². The molecule has 0 saturated carbocycles. The fraction of sp³-hybridized carbons (Fsp3) is 0.318. The molecule has 0 aliphatic carbocycles. The van der Waals surface area contributed by atoms with E-state index in [0.717, 1.165) is 37.9 Å². The van der Waals surface area contributed by atoms with Crippen LogP contribution >= 0.6 is 24.0 Å². The van der Waals surface area contributed by atoms with Crippen LogP contribution in [0.1, 0.15) is 22.5 Å². The molecule has 29 heavy (non-hydrogen) atoms. The van der Waals surface area contributed by atoms with E-state index in [4.69, 9.17) is 4.42 Å². The van der Waals surface area contributed by atoms with Gasteiger partial charge in [-0.05, 0) is 41.9 Å². The number of aryl methyl sites for hydroxylation is 1. The quantitative estimate of drug-likeness (QED) is 0.277. The predicted octanol–water partition coefficient (Wildman–Crippen LogP) is 3.73. The van der Waals surface area contributed by atoms with Gasteiger partial charge in [-0.2, -0.15) is 0 Å². The summed E-state index contributed by atoms with van der Waals surface area (Å²) < 4.78 is 7.50. The van der Waals surface area contributed by atoms with Crippen molar-refractivity contribution < 1.29 is 4.42 Å². The minimum Gasteiger partial charge on any atom is -0.468 e. The van der Waals surface area contributed by atoms with Crippen LogP contribution in [0.2, 0.25) is 0 Å². The fourth-order valence-corrected chi connectivity index (χ4v) is 3.15. The van der Waals surface area contributed by atoms with Gasteiger partial charge >= 0.3 is 0 Å². The molecule has 0 bridgehead atoms. The molecule has 2 N–H and O–H groups in total. The molecule has 3 aromatic rings. The zero-order valence-corrected chi connectivity index (χ0v) is 19.6. The van der Waals surface area contributed by atoms with Crippen LogP contribution in [0.4, 0.5) is 0 Å². The first-order valence-electron chi connectivity index (χ1n) is 9.47. The molecular formula is C22H30IN5O. The van der Waals surface area contributed by atoms with Gasteiger partial charge in [0, 0.05) is 46.1 Å². The molecular weight excluding hydrogens is 477 g/mol. The lowest BCUT2D eigenvalue weighted by Gasteiger charge is -2.19. The van der Waals surface area contributed by atoms with E-state index in [-0.39, 0.29) is 24.0 Å². The number of halogens is 1. The summed E-state index contributed by atoms with van der Waals surface area (Å²) in [4.78, 5) is 6.58. The van der Waals surface area contributed by atoms with Gasteiger partial charge in [-0.3, -0.25) is 9.89 Å². The maximum Gasteiger partial charge on any atom is 0.191 e. The van der Waals surface area contributed by atoms with Crippen molar-refractivity contribution in [3.63, 3.8) is 0 Å². The largest absolute Gasteiger partial charge is 0.468 e. The summed E-state index contributed by atoms with van der Waals surface area (Å²) >= 11 is 0. The molecule has 0 unspecified atom stereocenters. The van der Waals surface area contributed by atoms with E-state index in [2.05, 4.69) is 64.1 Å². The van der Waals surface area contributed by atoms with Gasteiger partial charge in [0.1, 0.15) is 5.76 Å². The smallest absolute Gasteiger partial charge is 0.191 e. The Morgan fingerprint density at radius 1 is 1.03 bits per heavy atom. The van der Waals surface area contributed by atoms with Gasteiger partial charge in [0.25, 0.3) is 0 Å². The number of nitrogens with one attached hydrogen (secondary N) is 2. The number of nitrogens with zero attached hydrogens (tertiary/aromatic N) is 3. The van der Waals surface area contributed by atoms with Crippen LogP contribution in [0, 0.1) is 0 Å². The standard InChI is InChI=1S/C22H29N5O.HI/c1-23-22(24-13-18-10-11-26(2)15-18)25-14-19-7-4-5-8-20(19)16-27(3)17-21-9-6-12-28-21;/h4-12,15H,13-14,16-17H2,1-3H3,(H2,23,24,25);1H. The molecule has 0 aliphatic heterocycles. The Bertz CT molecular complexity index is 888. The number of rotatable bonds is 8. The van der Waals surface area contributed by atoms with Gasteiger partial charge in [0.05, 0.1) is 12.8 Å². The average molecular weight is 507 g/mol. The van der Waals surface area contributed by atoms with Crippen molar-refractivity contribution in [1.29, 1.82) is 0 Å². The number of benzene rings is 1. The molecule has 0 radical (unpaired) electrons. The summed E-state index contributed by atoms with van der Waals surface area (Å²) in [7, 11) is 5.92. The second kappa shape index (κ2) is 11.7. The van der Waals surface area contributed by atoms with Gasteiger partial charge in [-0.25, -0.2) is 0 Å². The van der Waals surface area contributed by atoms with Crippen molar-refractivity contribution >= 4 is 29.9 Å². The van der Waals surface area contributed by atoms with Gasteiger partial charge in [-0.15, -0.1) is 24.0 Å². The Kier molecular flexibility index (Phi) is 9.27. The third-order valence-electron chi connectivity index (χ3n) is 4.59. The number of guanidine groups is 1. The number of aromatic nitrogens is 1. The van der Waals surface area contributed by atoms with Gasteiger partial charge in [0.2, 0.25) is 0 Å². The first-order chi connectivity index (χ1) is 13.6. The topological polar surface area (TPSA) is 57.7 Å². The second-order valence-electron chi connectivity index (χ2n) is 6.98. The number of furan rings is 1. The van der Waals surface area contributed by atoms with Crippen LogP contribution in [0.15, 0.2) is 70.5 Å². The first kappa shape index (κ1) is 23.0. The normalized spacial score (nSPS) is 11.4. The van der Waals surface area contributed by atoms with Gasteiger partial charge in [-0.1, -0.05) is 24.3 Å². The number of aliphatic imine (C=N–C) groups is 1.